The van der Waals surface area contributed by atoms with Crippen molar-refractivity contribution >= 4 is 24.8 Å². The quantitative estimate of drug-likeness (QED) is 0.798. The van der Waals surface area contributed by atoms with Crippen LogP contribution >= 0.6 is 24.8 Å². The molecule has 5 heteroatoms. The fraction of sp³-hybridized carbons (Fsp3) is 0.545. The molecule has 0 bridgehead atoms. The van der Waals surface area contributed by atoms with Gasteiger partial charge in [-0.1, -0.05) is 6.07 Å². The molecule has 16 heavy (non-hydrogen) atoms. The molecule has 1 N–H and O–H groups in total. The van der Waals surface area contributed by atoms with Gasteiger partial charge in [-0.3, -0.25) is 4.98 Å². The van der Waals surface area contributed by atoms with E-state index in [0.29, 0.717) is 0 Å². The zero-order chi connectivity index (χ0) is 10.2. The summed E-state index contributed by atoms with van der Waals surface area (Å²) in [7, 11) is 4.19. The Balaban J connectivity index is 0. The van der Waals surface area contributed by atoms with E-state index < -0.39 is 0 Å². The highest BCUT2D eigenvalue weighted by Crippen LogP contribution is 1.91. The van der Waals surface area contributed by atoms with Gasteiger partial charge in [0.2, 0.25) is 0 Å². The van der Waals surface area contributed by atoms with E-state index in [0.717, 1.165) is 25.3 Å². The molecule has 3 nitrogen and oxygen atoms in total. The Bertz CT molecular complexity index is 242. The van der Waals surface area contributed by atoms with Crippen molar-refractivity contribution in [3.63, 3.8) is 0 Å². The average molecular weight is 266 g/mol. The van der Waals surface area contributed by atoms with Gasteiger partial charge in [0.05, 0.1) is 5.69 Å². The molecule has 0 aliphatic carbocycles. The maximum atomic E-state index is 4.24. The van der Waals surface area contributed by atoms with Crippen molar-refractivity contribution in [2.45, 2.75) is 13.0 Å². The molecule has 0 radical (unpaired) electrons. The summed E-state index contributed by atoms with van der Waals surface area (Å²) in [4.78, 5) is 6.44. The Kier molecular flexibility index (Phi) is 12.6. The van der Waals surface area contributed by atoms with Crippen molar-refractivity contribution in [3.05, 3.63) is 30.1 Å². The summed E-state index contributed by atoms with van der Waals surface area (Å²) in [5, 5.41) is 3.37. The second-order valence-electron chi connectivity index (χ2n) is 3.65. The first-order chi connectivity index (χ1) is 6.79. The molecule has 94 valence electrons. The summed E-state index contributed by atoms with van der Waals surface area (Å²) < 4.78 is 0. The zero-order valence-electron chi connectivity index (χ0n) is 9.85. The number of nitrogens with zero attached hydrogens (tertiary/aromatic N) is 2. The Morgan fingerprint density at radius 1 is 1.25 bits per heavy atom. The highest BCUT2D eigenvalue weighted by Gasteiger charge is 1.92. The monoisotopic (exact) mass is 265 g/mol. The van der Waals surface area contributed by atoms with Crippen LogP contribution in [0.4, 0.5) is 0 Å². The van der Waals surface area contributed by atoms with Crippen LogP contribution in [0.1, 0.15) is 12.1 Å². The van der Waals surface area contributed by atoms with E-state index in [-0.39, 0.29) is 24.8 Å². The topological polar surface area (TPSA) is 28.2 Å². The molecule has 0 aliphatic rings. The van der Waals surface area contributed by atoms with Gasteiger partial charge >= 0.3 is 0 Å². The second kappa shape index (κ2) is 11.1. The lowest BCUT2D eigenvalue weighted by molar-refractivity contribution is 0.394. The van der Waals surface area contributed by atoms with E-state index in [1.807, 2.05) is 24.4 Å². The highest BCUT2D eigenvalue weighted by atomic mass is 35.5. The summed E-state index contributed by atoms with van der Waals surface area (Å²) >= 11 is 0. The van der Waals surface area contributed by atoms with E-state index in [2.05, 4.69) is 29.3 Å². The van der Waals surface area contributed by atoms with Gasteiger partial charge < -0.3 is 10.2 Å². The van der Waals surface area contributed by atoms with Crippen molar-refractivity contribution in [2.75, 3.05) is 27.2 Å². The smallest absolute Gasteiger partial charge is 0.0541 e. The third-order valence-corrected chi connectivity index (χ3v) is 1.99. The maximum absolute atomic E-state index is 4.24. The molecule has 0 saturated carbocycles. The number of nitrogens with one attached hydrogen (secondary N) is 1. The Hall–Kier alpha value is -0.350. The van der Waals surface area contributed by atoms with Crippen LogP contribution in [0, 0.1) is 0 Å². The molecule has 1 rings (SSSR count). The van der Waals surface area contributed by atoms with Crippen LogP contribution in [0.5, 0.6) is 0 Å². The lowest BCUT2D eigenvalue weighted by atomic mass is 10.3. The molecule has 0 fully saturated rings. The SMILES string of the molecule is CN(C)CCCNCc1ccccn1.Cl.Cl. The summed E-state index contributed by atoms with van der Waals surface area (Å²) in [5.41, 5.74) is 1.11. The van der Waals surface area contributed by atoms with Gasteiger partial charge in [-0.05, 0) is 45.7 Å². The third-order valence-electron chi connectivity index (χ3n) is 1.99. The molecule has 1 aromatic heterocycles. The summed E-state index contributed by atoms with van der Waals surface area (Å²) in [6, 6.07) is 6.00. The van der Waals surface area contributed by atoms with Crippen LogP contribution in [0.2, 0.25) is 0 Å². The largest absolute Gasteiger partial charge is 0.311 e. The van der Waals surface area contributed by atoms with Crippen LogP contribution in [-0.4, -0.2) is 37.1 Å². The second-order valence-corrected chi connectivity index (χ2v) is 3.65. The van der Waals surface area contributed by atoms with Gasteiger partial charge in [-0.15, -0.1) is 24.8 Å². The molecular formula is C11H21Cl2N3. The molecule has 0 amide bonds. The number of hydrogen-bond acceptors (Lipinski definition) is 3. The average Bonchev–Trinajstić information content (AvgIpc) is 2.18. The van der Waals surface area contributed by atoms with Crippen LogP contribution in [-0.2, 0) is 6.54 Å². The van der Waals surface area contributed by atoms with Gasteiger partial charge in [-0.2, -0.15) is 0 Å². The van der Waals surface area contributed by atoms with Crippen molar-refractivity contribution in [1.82, 2.24) is 15.2 Å². The van der Waals surface area contributed by atoms with E-state index in [4.69, 9.17) is 0 Å². The van der Waals surface area contributed by atoms with Crippen molar-refractivity contribution in [2.24, 2.45) is 0 Å². The predicted molar refractivity (Wildman–Crippen MR) is 73.6 cm³/mol. The van der Waals surface area contributed by atoms with Crippen LogP contribution in [0.3, 0.4) is 0 Å². The van der Waals surface area contributed by atoms with E-state index in [1.54, 1.807) is 0 Å². The van der Waals surface area contributed by atoms with E-state index in [9.17, 15) is 0 Å². The molecule has 0 saturated heterocycles. The Morgan fingerprint density at radius 2 is 2.00 bits per heavy atom. The van der Waals surface area contributed by atoms with Crippen molar-refractivity contribution in [3.8, 4) is 0 Å². The first-order valence-electron chi connectivity index (χ1n) is 5.04. The first kappa shape index (κ1) is 18.0. The summed E-state index contributed by atoms with van der Waals surface area (Å²) in [5.74, 6) is 0. The first-order valence-corrected chi connectivity index (χ1v) is 5.04. The maximum Gasteiger partial charge on any atom is 0.0541 e. The molecule has 1 heterocycles. The van der Waals surface area contributed by atoms with Gasteiger partial charge in [0.25, 0.3) is 0 Å². The van der Waals surface area contributed by atoms with Gasteiger partial charge in [-0.25, -0.2) is 0 Å². The van der Waals surface area contributed by atoms with Crippen molar-refractivity contribution in [1.29, 1.82) is 0 Å². The van der Waals surface area contributed by atoms with Crippen LogP contribution < -0.4 is 5.32 Å². The lowest BCUT2D eigenvalue weighted by Gasteiger charge is -2.09. The molecule has 0 aromatic carbocycles. The van der Waals surface area contributed by atoms with Crippen LogP contribution in [0.25, 0.3) is 0 Å². The van der Waals surface area contributed by atoms with E-state index in [1.165, 1.54) is 6.42 Å². The number of hydrogen-bond donors (Lipinski definition) is 1. The molecular weight excluding hydrogens is 245 g/mol. The minimum atomic E-state index is 0. The molecule has 0 unspecified atom stereocenters. The lowest BCUT2D eigenvalue weighted by Crippen LogP contribution is -2.21. The highest BCUT2D eigenvalue weighted by molar-refractivity contribution is 5.85. The summed E-state index contributed by atoms with van der Waals surface area (Å²) in [6.45, 7) is 3.05. The number of halogens is 2. The minimum Gasteiger partial charge on any atom is -0.311 e. The van der Waals surface area contributed by atoms with Crippen LogP contribution in [0.15, 0.2) is 24.4 Å². The minimum absolute atomic E-state index is 0. The predicted octanol–water partition coefficient (Wildman–Crippen LogP) is 1.97. The number of aromatic nitrogens is 1. The summed E-state index contributed by atoms with van der Waals surface area (Å²) in [6.07, 6.45) is 3.01. The zero-order valence-corrected chi connectivity index (χ0v) is 11.5. The Labute approximate surface area is 110 Å². The molecule has 0 aliphatic heterocycles. The van der Waals surface area contributed by atoms with Gasteiger partial charge in [0.15, 0.2) is 0 Å². The normalized spacial score (nSPS) is 9.44. The molecule has 0 spiro atoms. The van der Waals surface area contributed by atoms with Gasteiger partial charge in [0.1, 0.15) is 0 Å². The number of rotatable bonds is 6. The van der Waals surface area contributed by atoms with E-state index >= 15 is 0 Å². The standard InChI is InChI=1S/C11H19N3.2ClH/c1-14(2)9-5-7-12-10-11-6-3-4-8-13-11;;/h3-4,6,8,12H,5,7,9-10H2,1-2H3;2*1H. The Morgan fingerprint density at radius 3 is 2.56 bits per heavy atom. The molecule has 0 atom stereocenters. The molecule has 1 aromatic rings. The fourth-order valence-electron chi connectivity index (χ4n) is 1.24. The fourth-order valence-corrected chi connectivity index (χ4v) is 1.24. The van der Waals surface area contributed by atoms with Gasteiger partial charge in [0, 0.05) is 12.7 Å². The van der Waals surface area contributed by atoms with Crippen molar-refractivity contribution < 1.29 is 0 Å². The number of pyridine rings is 1. The third kappa shape index (κ3) is 8.92.